The van der Waals surface area contributed by atoms with Gasteiger partial charge in [-0.1, -0.05) is 0 Å². The van der Waals surface area contributed by atoms with Crippen LogP contribution >= 0.6 is 0 Å². The van der Waals surface area contributed by atoms with Gasteiger partial charge in [-0.15, -0.1) is 0 Å². The van der Waals surface area contributed by atoms with Crippen LogP contribution in [-0.2, 0) is 0 Å². The monoisotopic (exact) mass is 118 g/mol. The summed E-state index contributed by atoms with van der Waals surface area (Å²) < 4.78 is 0. The molecule has 0 rings (SSSR count). The van der Waals surface area contributed by atoms with Crippen LogP contribution in [0.25, 0.3) is 0 Å². The van der Waals surface area contributed by atoms with E-state index in [0.29, 0.717) is 0 Å². The van der Waals surface area contributed by atoms with E-state index in [4.69, 9.17) is 15.1 Å². The third kappa shape index (κ3) is 66.2. The van der Waals surface area contributed by atoms with E-state index in [9.17, 15) is 0 Å². The average molecular weight is 118 g/mol. The molecule has 0 aromatic rings. The van der Waals surface area contributed by atoms with E-state index in [2.05, 4.69) is 0 Å². The van der Waals surface area contributed by atoms with Crippen molar-refractivity contribution in [3.63, 3.8) is 0 Å². The zero-order valence-corrected chi connectivity index (χ0v) is 1.92. The van der Waals surface area contributed by atoms with E-state index < -0.39 is 7.32 Å². The molecule has 6 heavy (non-hydrogen) atoms. The summed E-state index contributed by atoms with van der Waals surface area (Å²) in [6.45, 7) is 0. The molecule has 0 aromatic carbocycles. The molecule has 0 spiro atoms. The molecule has 0 saturated carbocycles. The van der Waals surface area contributed by atoms with Gasteiger partial charge < -0.3 is 15.1 Å². The predicted molar refractivity (Wildman–Crippen MR) is 30.9 cm³/mol. The van der Waals surface area contributed by atoms with Gasteiger partial charge in [0.15, 0.2) is 0 Å². The molecule has 6 heteroatoms. The fourth-order valence-electron chi connectivity index (χ4n) is 0. The van der Waals surface area contributed by atoms with Crippen molar-refractivity contribution >= 4 is 47.8 Å². The van der Waals surface area contributed by atoms with Crippen LogP contribution in [0.4, 0.5) is 0 Å². The topological polar surface area (TPSA) is 60.7 Å². The molecule has 0 aliphatic carbocycles. The normalized spacial score (nSPS) is 4.50. The van der Waals surface area contributed by atoms with Gasteiger partial charge >= 0.3 is 36.9 Å². The van der Waals surface area contributed by atoms with E-state index in [1.54, 1.807) is 0 Å². The van der Waals surface area contributed by atoms with Crippen LogP contribution in [0.1, 0.15) is 0 Å². The molecule has 3 nitrogen and oxygen atoms in total. The van der Waals surface area contributed by atoms with Crippen LogP contribution in [0.2, 0.25) is 0 Å². The molecule has 0 heterocycles. The number of hydrogen-bond donors (Lipinski definition) is 3. The molecule has 0 unspecified atom stereocenters. The zero-order chi connectivity index (χ0) is 3.58. The van der Waals surface area contributed by atoms with Crippen LogP contribution in [-0.4, -0.2) is 62.9 Å². The van der Waals surface area contributed by atoms with Crippen molar-refractivity contribution in [3.05, 3.63) is 0 Å². The summed E-state index contributed by atoms with van der Waals surface area (Å²) in [5.41, 5.74) is 0. The van der Waals surface area contributed by atoms with Gasteiger partial charge in [-0.05, 0) is 11.0 Å². The number of hydrogen-bond acceptors (Lipinski definition) is 3. The van der Waals surface area contributed by atoms with Crippen LogP contribution in [0, 0.1) is 0 Å². The summed E-state index contributed by atoms with van der Waals surface area (Å²) in [6, 6.07) is 0. The van der Waals surface area contributed by atoms with Crippen molar-refractivity contribution < 1.29 is 15.1 Å². The molecular formula is H8BNaO3Si. The summed E-state index contributed by atoms with van der Waals surface area (Å²) in [6.07, 6.45) is 0. The Morgan fingerprint density at radius 1 is 1.00 bits per heavy atom. The van der Waals surface area contributed by atoms with Crippen molar-refractivity contribution in [1.82, 2.24) is 0 Å². The predicted octanol–water partition coefficient (Wildman–Crippen LogP) is -4.15. The van der Waals surface area contributed by atoms with Crippen LogP contribution < -0.4 is 0 Å². The van der Waals surface area contributed by atoms with Gasteiger partial charge in [0.1, 0.15) is 0 Å². The minimum absolute atomic E-state index is 0. The molecule has 0 amide bonds. The van der Waals surface area contributed by atoms with Gasteiger partial charge in [-0.2, -0.15) is 0 Å². The fraction of sp³-hybridized carbons (Fsp3) is 0. The molecule has 0 radical (unpaired) electrons. The Kier molecular flexibility index (Phi) is 24.8. The zero-order valence-electron chi connectivity index (χ0n) is 1.92. The fourth-order valence-corrected chi connectivity index (χ4v) is 0. The van der Waals surface area contributed by atoms with Crippen molar-refractivity contribution in [2.45, 2.75) is 0 Å². The smallest absolute Gasteiger partial charge is 0.0149 e. The molecule has 0 fully saturated rings. The second-order valence-corrected chi connectivity index (χ2v) is 0.346. The Morgan fingerprint density at radius 2 is 1.00 bits per heavy atom. The third-order valence-electron chi connectivity index (χ3n) is 0. The Balaban J connectivity index is -0.0000000450. The quantitative estimate of drug-likeness (QED) is 0.283. The standard InChI is InChI=1S/BH3O3.Na.H4Si.H/c2-1(3)4;;;/h2-4H;;1H4;. The van der Waals surface area contributed by atoms with Gasteiger partial charge in [0.2, 0.25) is 0 Å². The van der Waals surface area contributed by atoms with E-state index >= 15 is 0 Å². The van der Waals surface area contributed by atoms with Gasteiger partial charge in [0.25, 0.3) is 0 Å². The molecule has 34 valence electrons. The van der Waals surface area contributed by atoms with Gasteiger partial charge in [0, 0.05) is 0 Å². The summed E-state index contributed by atoms with van der Waals surface area (Å²) in [5, 5.41) is 21.5. The summed E-state index contributed by atoms with van der Waals surface area (Å²) >= 11 is 0. The van der Waals surface area contributed by atoms with Crippen molar-refractivity contribution in [2.24, 2.45) is 0 Å². The van der Waals surface area contributed by atoms with E-state index in [-0.39, 0.29) is 40.5 Å². The number of rotatable bonds is 0. The first kappa shape index (κ1) is 15.7. The Bertz CT molecular complexity index is 15.5. The largest absolute Gasteiger partial charge is 0.0149 e. The summed E-state index contributed by atoms with van der Waals surface area (Å²) in [5.74, 6) is 0. The minimum atomic E-state index is -2.17. The molecule has 0 bridgehead atoms. The van der Waals surface area contributed by atoms with Crippen molar-refractivity contribution in [2.75, 3.05) is 0 Å². The molecule has 0 aliphatic rings. The van der Waals surface area contributed by atoms with Crippen molar-refractivity contribution in [1.29, 1.82) is 0 Å². The molecule has 0 aliphatic heterocycles. The van der Waals surface area contributed by atoms with E-state index in [1.807, 2.05) is 0 Å². The first-order valence-electron chi connectivity index (χ1n) is 0.775. The van der Waals surface area contributed by atoms with Crippen LogP contribution in [0.5, 0.6) is 0 Å². The Morgan fingerprint density at radius 3 is 1.00 bits per heavy atom. The van der Waals surface area contributed by atoms with Crippen LogP contribution in [0.3, 0.4) is 0 Å². The maximum Gasteiger partial charge on any atom is -0.0149 e. The summed E-state index contributed by atoms with van der Waals surface area (Å²) in [4.78, 5) is 0. The van der Waals surface area contributed by atoms with E-state index in [0.717, 1.165) is 0 Å². The average Bonchev–Trinajstić information content (AvgIpc) is 0.811. The maximum atomic E-state index is 7.17. The first-order valence-corrected chi connectivity index (χ1v) is 0.775. The van der Waals surface area contributed by atoms with Gasteiger partial charge in [-0.3, -0.25) is 0 Å². The molecular weight excluding hydrogens is 110 g/mol. The first-order chi connectivity index (χ1) is 1.73. The molecule has 0 atom stereocenters. The van der Waals surface area contributed by atoms with Gasteiger partial charge in [0.05, 0.1) is 0 Å². The van der Waals surface area contributed by atoms with Gasteiger partial charge in [-0.25, -0.2) is 0 Å². The minimum Gasteiger partial charge on any atom is -0.0149 e. The third-order valence-corrected chi connectivity index (χ3v) is 0. The Hall–Kier alpha value is 1.16. The summed E-state index contributed by atoms with van der Waals surface area (Å²) in [7, 11) is -2.17. The second-order valence-electron chi connectivity index (χ2n) is 0.346. The van der Waals surface area contributed by atoms with E-state index in [1.165, 1.54) is 0 Å². The van der Waals surface area contributed by atoms with Crippen molar-refractivity contribution in [3.8, 4) is 0 Å². The maximum absolute atomic E-state index is 7.17. The SMILES string of the molecule is OB(O)O.[NaH].[SiH4]. The van der Waals surface area contributed by atoms with Crippen LogP contribution in [0.15, 0.2) is 0 Å². The molecule has 0 saturated heterocycles. The molecule has 0 aromatic heterocycles. The Labute approximate surface area is 62.9 Å². The molecule has 3 N–H and O–H groups in total. The second kappa shape index (κ2) is 9.48.